The molecule has 1 aromatic carbocycles. The Morgan fingerprint density at radius 1 is 1.37 bits per heavy atom. The first kappa shape index (κ1) is 15.9. The van der Waals surface area contributed by atoms with Gasteiger partial charge in [-0.3, -0.25) is 4.79 Å². The van der Waals surface area contributed by atoms with Gasteiger partial charge in [0.05, 0.1) is 16.7 Å². The van der Waals surface area contributed by atoms with Crippen molar-refractivity contribution in [3.63, 3.8) is 0 Å². The fourth-order valence-corrected chi connectivity index (χ4v) is 2.01. The van der Waals surface area contributed by atoms with Gasteiger partial charge in [0.2, 0.25) is 5.91 Å². The summed E-state index contributed by atoms with van der Waals surface area (Å²) in [6.45, 7) is 3.89. The Balaban J connectivity index is 2.53. The van der Waals surface area contributed by atoms with Gasteiger partial charge in [0.25, 0.3) is 0 Å². The van der Waals surface area contributed by atoms with Crippen LogP contribution in [0, 0.1) is 11.6 Å². The number of carbonyl (C=O) groups excluding carboxylic acids is 1. The van der Waals surface area contributed by atoms with Gasteiger partial charge in [0, 0.05) is 12.1 Å². The molecule has 1 atom stereocenters. The molecule has 1 unspecified atom stereocenters. The Bertz CT molecular complexity index is 455. The standard InChI is InChI=1S/C13H17BrF2N2O/c1-3-4-8(2)18-13(19)7-17-12-5-9(14)10(15)6-11(12)16/h5-6,8,17H,3-4,7H2,1-2H3,(H,18,19). The molecule has 0 fully saturated rings. The van der Waals surface area contributed by atoms with Crippen LogP contribution in [-0.4, -0.2) is 18.5 Å². The Morgan fingerprint density at radius 3 is 2.68 bits per heavy atom. The summed E-state index contributed by atoms with van der Waals surface area (Å²) in [7, 11) is 0. The highest BCUT2D eigenvalue weighted by molar-refractivity contribution is 9.10. The Kier molecular flexibility index (Phi) is 6.21. The van der Waals surface area contributed by atoms with Crippen molar-refractivity contribution >= 4 is 27.5 Å². The van der Waals surface area contributed by atoms with Gasteiger partial charge in [-0.2, -0.15) is 0 Å². The van der Waals surface area contributed by atoms with E-state index in [0.717, 1.165) is 18.9 Å². The molecule has 6 heteroatoms. The van der Waals surface area contributed by atoms with E-state index in [9.17, 15) is 13.6 Å². The molecule has 0 bridgehead atoms. The molecule has 0 aliphatic carbocycles. The van der Waals surface area contributed by atoms with Crippen molar-refractivity contribution in [3.8, 4) is 0 Å². The maximum Gasteiger partial charge on any atom is 0.239 e. The van der Waals surface area contributed by atoms with Crippen molar-refractivity contribution < 1.29 is 13.6 Å². The predicted octanol–water partition coefficient (Wildman–Crippen LogP) is 3.44. The number of anilines is 1. The number of hydrogen-bond acceptors (Lipinski definition) is 2. The average molecular weight is 335 g/mol. The highest BCUT2D eigenvalue weighted by Gasteiger charge is 2.10. The zero-order valence-electron chi connectivity index (χ0n) is 10.9. The summed E-state index contributed by atoms with van der Waals surface area (Å²) < 4.78 is 26.6. The lowest BCUT2D eigenvalue weighted by Gasteiger charge is -2.14. The second-order valence-electron chi connectivity index (χ2n) is 4.36. The van der Waals surface area contributed by atoms with Crippen molar-refractivity contribution in [1.29, 1.82) is 0 Å². The SMILES string of the molecule is CCCC(C)NC(=O)CNc1cc(Br)c(F)cc1F. The topological polar surface area (TPSA) is 41.1 Å². The zero-order chi connectivity index (χ0) is 14.4. The molecule has 19 heavy (non-hydrogen) atoms. The minimum absolute atomic E-state index is 0.0525. The third-order valence-electron chi connectivity index (χ3n) is 2.58. The Morgan fingerprint density at radius 2 is 2.05 bits per heavy atom. The molecule has 1 amide bonds. The largest absolute Gasteiger partial charge is 0.374 e. The first-order valence-electron chi connectivity index (χ1n) is 6.11. The molecule has 3 nitrogen and oxygen atoms in total. The zero-order valence-corrected chi connectivity index (χ0v) is 12.5. The molecule has 0 saturated heterocycles. The Labute approximate surface area is 119 Å². The van der Waals surface area contributed by atoms with E-state index in [1.807, 2.05) is 13.8 Å². The van der Waals surface area contributed by atoms with E-state index >= 15 is 0 Å². The maximum absolute atomic E-state index is 13.4. The third-order valence-corrected chi connectivity index (χ3v) is 3.19. The van der Waals surface area contributed by atoms with Crippen molar-refractivity contribution in [2.45, 2.75) is 32.7 Å². The molecule has 0 radical (unpaired) electrons. The van der Waals surface area contributed by atoms with E-state index in [2.05, 4.69) is 26.6 Å². The van der Waals surface area contributed by atoms with Crippen molar-refractivity contribution in [2.75, 3.05) is 11.9 Å². The molecule has 106 valence electrons. The lowest BCUT2D eigenvalue weighted by atomic mass is 10.2. The number of hydrogen-bond donors (Lipinski definition) is 2. The predicted molar refractivity (Wildman–Crippen MR) is 75.1 cm³/mol. The molecule has 0 aromatic heterocycles. The highest BCUT2D eigenvalue weighted by atomic mass is 79.9. The van der Waals surface area contributed by atoms with Gasteiger partial charge in [-0.15, -0.1) is 0 Å². The van der Waals surface area contributed by atoms with Crippen molar-refractivity contribution in [3.05, 3.63) is 28.2 Å². The van der Waals surface area contributed by atoms with Crippen LogP contribution >= 0.6 is 15.9 Å². The van der Waals surface area contributed by atoms with Crippen LogP contribution in [0.3, 0.4) is 0 Å². The molecule has 0 spiro atoms. The second-order valence-corrected chi connectivity index (χ2v) is 5.21. The minimum Gasteiger partial charge on any atom is -0.374 e. The summed E-state index contributed by atoms with van der Waals surface area (Å²) >= 11 is 2.97. The van der Waals surface area contributed by atoms with Crippen LogP contribution in [0.1, 0.15) is 26.7 Å². The van der Waals surface area contributed by atoms with Gasteiger partial charge in [0.1, 0.15) is 11.6 Å². The van der Waals surface area contributed by atoms with Crippen LogP contribution in [-0.2, 0) is 4.79 Å². The van der Waals surface area contributed by atoms with Gasteiger partial charge >= 0.3 is 0 Å². The fraction of sp³-hybridized carbons (Fsp3) is 0.462. The van der Waals surface area contributed by atoms with Crippen molar-refractivity contribution in [1.82, 2.24) is 5.32 Å². The minimum atomic E-state index is -0.727. The molecule has 2 N–H and O–H groups in total. The van der Waals surface area contributed by atoms with E-state index in [1.54, 1.807) is 0 Å². The van der Waals surface area contributed by atoms with Crippen LogP contribution in [0.2, 0.25) is 0 Å². The van der Waals surface area contributed by atoms with Gasteiger partial charge < -0.3 is 10.6 Å². The van der Waals surface area contributed by atoms with Gasteiger partial charge in [-0.25, -0.2) is 8.78 Å². The van der Waals surface area contributed by atoms with E-state index in [1.165, 1.54) is 6.07 Å². The normalized spacial score (nSPS) is 12.1. The van der Waals surface area contributed by atoms with E-state index < -0.39 is 11.6 Å². The van der Waals surface area contributed by atoms with Gasteiger partial charge in [-0.1, -0.05) is 13.3 Å². The number of nitrogens with one attached hydrogen (secondary N) is 2. The van der Waals surface area contributed by atoms with E-state index in [4.69, 9.17) is 0 Å². The summed E-state index contributed by atoms with van der Waals surface area (Å²) in [5.74, 6) is -1.63. The van der Waals surface area contributed by atoms with Crippen LogP contribution in [0.15, 0.2) is 16.6 Å². The van der Waals surface area contributed by atoms with Crippen LogP contribution in [0.25, 0.3) is 0 Å². The van der Waals surface area contributed by atoms with Gasteiger partial charge in [0.15, 0.2) is 0 Å². The van der Waals surface area contributed by atoms with Gasteiger partial charge in [-0.05, 0) is 35.3 Å². The van der Waals surface area contributed by atoms with Crippen LogP contribution in [0.5, 0.6) is 0 Å². The molecule has 0 aliphatic heterocycles. The van der Waals surface area contributed by atoms with Crippen LogP contribution < -0.4 is 10.6 Å². The fourth-order valence-electron chi connectivity index (χ4n) is 1.66. The maximum atomic E-state index is 13.4. The number of halogens is 3. The van der Waals surface area contributed by atoms with E-state index in [-0.39, 0.29) is 28.7 Å². The molecule has 1 aromatic rings. The first-order chi connectivity index (χ1) is 8.93. The summed E-state index contributed by atoms with van der Waals surface area (Å²) in [6.07, 6.45) is 1.87. The average Bonchev–Trinajstić information content (AvgIpc) is 2.32. The lowest BCUT2D eigenvalue weighted by molar-refractivity contribution is -0.120. The summed E-state index contributed by atoms with van der Waals surface area (Å²) in [4.78, 5) is 11.6. The number of rotatable bonds is 6. The van der Waals surface area contributed by atoms with E-state index in [0.29, 0.717) is 0 Å². The second kappa shape index (κ2) is 7.43. The monoisotopic (exact) mass is 334 g/mol. The van der Waals surface area contributed by atoms with Crippen molar-refractivity contribution in [2.24, 2.45) is 0 Å². The number of carbonyl (C=O) groups is 1. The summed E-state index contributed by atoms with van der Waals surface area (Å²) in [5.41, 5.74) is 0.0894. The third kappa shape index (κ3) is 5.14. The highest BCUT2D eigenvalue weighted by Crippen LogP contribution is 2.23. The molecular formula is C13H17BrF2N2O. The van der Waals surface area contributed by atoms with Crippen LogP contribution in [0.4, 0.5) is 14.5 Å². The molecule has 0 aliphatic rings. The Hall–Kier alpha value is -1.17. The number of benzene rings is 1. The molecule has 0 saturated carbocycles. The quantitative estimate of drug-likeness (QED) is 0.782. The summed E-state index contributed by atoms with van der Waals surface area (Å²) in [5, 5.41) is 5.43. The lowest BCUT2D eigenvalue weighted by Crippen LogP contribution is -2.36. The summed E-state index contributed by atoms with van der Waals surface area (Å²) in [6, 6.07) is 2.13. The molecular weight excluding hydrogens is 318 g/mol. The number of amides is 1. The molecule has 1 rings (SSSR count). The smallest absolute Gasteiger partial charge is 0.239 e. The first-order valence-corrected chi connectivity index (χ1v) is 6.91. The molecule has 0 heterocycles.